The van der Waals surface area contributed by atoms with Gasteiger partial charge in [-0.05, 0) is 36.2 Å². The summed E-state index contributed by atoms with van der Waals surface area (Å²) in [6.45, 7) is 0.767. The fourth-order valence-corrected chi connectivity index (χ4v) is 3.72. The van der Waals surface area contributed by atoms with Crippen molar-refractivity contribution in [2.75, 3.05) is 18.0 Å². The minimum atomic E-state index is -4.55. The number of halogens is 5. The van der Waals surface area contributed by atoms with Crippen LogP contribution in [0.4, 0.5) is 27.6 Å². The van der Waals surface area contributed by atoms with Gasteiger partial charge in [0.25, 0.3) is 0 Å². The Kier molecular flexibility index (Phi) is 4.93. The van der Waals surface area contributed by atoms with Crippen molar-refractivity contribution in [1.82, 2.24) is 19.7 Å². The molecule has 0 bridgehead atoms. The highest BCUT2D eigenvalue weighted by Crippen LogP contribution is 2.38. The van der Waals surface area contributed by atoms with Crippen LogP contribution in [0.3, 0.4) is 0 Å². The van der Waals surface area contributed by atoms with E-state index in [1.807, 2.05) is 0 Å². The maximum absolute atomic E-state index is 13.9. The number of pyridine rings is 1. The standard InChI is InChI=1S/C19H16F5N5/c20-15-2-1-12(7-16(15)21)14-9-28(6-4-17(14)29-11-25-10-27-29)13-3-5-26-18(8-13)19(22,23)24/h1-3,5,7-8,10-11,14,17H,4,6,9H2. The van der Waals surface area contributed by atoms with Gasteiger partial charge in [0.05, 0.1) is 6.04 Å². The lowest BCUT2D eigenvalue weighted by atomic mass is 9.85. The van der Waals surface area contributed by atoms with Crippen LogP contribution in [-0.4, -0.2) is 32.8 Å². The zero-order chi connectivity index (χ0) is 20.6. The average molecular weight is 409 g/mol. The first-order valence-electron chi connectivity index (χ1n) is 8.90. The van der Waals surface area contributed by atoms with Crippen LogP contribution in [-0.2, 0) is 6.18 Å². The summed E-state index contributed by atoms with van der Waals surface area (Å²) in [5.41, 5.74) is -0.0612. The number of aromatic nitrogens is 4. The summed E-state index contributed by atoms with van der Waals surface area (Å²) >= 11 is 0. The van der Waals surface area contributed by atoms with Gasteiger partial charge in [0.1, 0.15) is 18.3 Å². The van der Waals surface area contributed by atoms with Gasteiger partial charge in [0.15, 0.2) is 11.6 Å². The van der Waals surface area contributed by atoms with Crippen LogP contribution >= 0.6 is 0 Å². The van der Waals surface area contributed by atoms with Crippen molar-refractivity contribution in [3.63, 3.8) is 0 Å². The minimum Gasteiger partial charge on any atom is -0.371 e. The fraction of sp³-hybridized carbons (Fsp3) is 0.316. The number of benzene rings is 1. The molecule has 1 aliphatic rings. The maximum Gasteiger partial charge on any atom is 0.433 e. The molecule has 152 valence electrons. The minimum absolute atomic E-state index is 0.192. The molecule has 1 saturated heterocycles. The quantitative estimate of drug-likeness (QED) is 0.609. The molecule has 0 amide bonds. The Morgan fingerprint density at radius 2 is 1.86 bits per heavy atom. The van der Waals surface area contributed by atoms with Crippen LogP contribution < -0.4 is 4.90 Å². The van der Waals surface area contributed by atoms with E-state index in [0.29, 0.717) is 30.8 Å². The summed E-state index contributed by atoms with van der Waals surface area (Å²) < 4.78 is 68.0. The Morgan fingerprint density at radius 3 is 2.55 bits per heavy atom. The number of alkyl halides is 3. The zero-order valence-corrected chi connectivity index (χ0v) is 15.0. The van der Waals surface area contributed by atoms with Crippen molar-refractivity contribution in [3.05, 3.63) is 72.1 Å². The lowest BCUT2D eigenvalue weighted by molar-refractivity contribution is -0.141. The van der Waals surface area contributed by atoms with Gasteiger partial charge in [0.2, 0.25) is 0 Å². The van der Waals surface area contributed by atoms with Crippen molar-refractivity contribution in [1.29, 1.82) is 0 Å². The third-order valence-corrected chi connectivity index (χ3v) is 5.12. The van der Waals surface area contributed by atoms with Gasteiger partial charge >= 0.3 is 6.18 Å². The van der Waals surface area contributed by atoms with E-state index in [1.54, 1.807) is 15.9 Å². The van der Waals surface area contributed by atoms with Gasteiger partial charge in [-0.15, -0.1) is 0 Å². The van der Waals surface area contributed by atoms with Crippen LogP contribution in [0.2, 0.25) is 0 Å². The Labute approximate surface area is 162 Å². The van der Waals surface area contributed by atoms with E-state index in [4.69, 9.17) is 0 Å². The van der Waals surface area contributed by atoms with Crippen molar-refractivity contribution in [2.24, 2.45) is 0 Å². The molecule has 29 heavy (non-hydrogen) atoms. The SMILES string of the molecule is Fc1ccc(C2CN(c3ccnc(C(F)(F)F)c3)CCC2n2cncn2)cc1F. The molecule has 0 aliphatic carbocycles. The smallest absolute Gasteiger partial charge is 0.371 e. The van der Waals surface area contributed by atoms with Crippen molar-refractivity contribution < 1.29 is 22.0 Å². The van der Waals surface area contributed by atoms with E-state index >= 15 is 0 Å². The predicted molar refractivity (Wildman–Crippen MR) is 94.2 cm³/mol. The number of rotatable bonds is 3. The predicted octanol–water partition coefficient (Wildman–Crippen LogP) is 4.21. The number of hydrogen-bond acceptors (Lipinski definition) is 4. The normalized spacial score (nSPS) is 20.1. The van der Waals surface area contributed by atoms with Crippen molar-refractivity contribution in [2.45, 2.75) is 24.6 Å². The number of nitrogens with zero attached hydrogens (tertiary/aromatic N) is 5. The maximum atomic E-state index is 13.9. The van der Waals surface area contributed by atoms with Crippen LogP contribution in [0.15, 0.2) is 49.2 Å². The van der Waals surface area contributed by atoms with Gasteiger partial charge in [-0.2, -0.15) is 18.3 Å². The van der Waals surface area contributed by atoms with Crippen molar-refractivity contribution >= 4 is 5.69 Å². The third kappa shape index (κ3) is 3.92. The molecule has 4 rings (SSSR count). The van der Waals surface area contributed by atoms with Crippen LogP contribution in [0.5, 0.6) is 0 Å². The molecule has 10 heteroatoms. The summed E-state index contributed by atoms with van der Waals surface area (Å²) in [4.78, 5) is 9.13. The molecule has 2 unspecified atom stereocenters. The molecule has 0 saturated carbocycles. The molecule has 5 nitrogen and oxygen atoms in total. The molecular weight excluding hydrogens is 393 g/mol. The number of piperidine rings is 1. The van der Waals surface area contributed by atoms with E-state index < -0.39 is 23.5 Å². The van der Waals surface area contributed by atoms with Crippen LogP contribution in [0.1, 0.15) is 29.6 Å². The van der Waals surface area contributed by atoms with E-state index in [9.17, 15) is 22.0 Å². The third-order valence-electron chi connectivity index (χ3n) is 5.12. The molecule has 0 spiro atoms. The van der Waals surface area contributed by atoms with Gasteiger partial charge in [-0.25, -0.2) is 18.4 Å². The second kappa shape index (κ2) is 7.41. The highest BCUT2D eigenvalue weighted by atomic mass is 19.4. The summed E-state index contributed by atoms with van der Waals surface area (Å²) in [5.74, 6) is -2.26. The lowest BCUT2D eigenvalue weighted by Gasteiger charge is -2.40. The van der Waals surface area contributed by atoms with Crippen molar-refractivity contribution in [3.8, 4) is 0 Å². The van der Waals surface area contributed by atoms with Gasteiger partial charge in [0, 0.05) is 30.9 Å². The van der Waals surface area contributed by atoms with Gasteiger partial charge < -0.3 is 4.90 Å². The molecule has 1 aromatic carbocycles. The molecule has 3 aromatic rings. The second-order valence-corrected chi connectivity index (χ2v) is 6.85. The largest absolute Gasteiger partial charge is 0.433 e. The average Bonchev–Trinajstić information content (AvgIpc) is 3.24. The number of anilines is 1. The summed E-state index contributed by atoms with van der Waals surface area (Å²) in [6, 6.07) is 5.98. The topological polar surface area (TPSA) is 46.8 Å². The Morgan fingerprint density at radius 1 is 1.03 bits per heavy atom. The second-order valence-electron chi connectivity index (χ2n) is 6.85. The lowest BCUT2D eigenvalue weighted by Crippen LogP contribution is -2.40. The first kappa shape index (κ1) is 19.3. The molecule has 0 N–H and O–H groups in total. The Hall–Kier alpha value is -3.04. The Balaban J connectivity index is 1.68. The summed E-state index contributed by atoms with van der Waals surface area (Å²) in [7, 11) is 0. The molecule has 2 aromatic heterocycles. The molecule has 1 aliphatic heterocycles. The van der Waals surface area contributed by atoms with Crippen LogP contribution in [0.25, 0.3) is 0 Å². The van der Waals surface area contributed by atoms with Gasteiger partial charge in [-0.3, -0.25) is 4.98 Å². The molecular formula is C19H16F5N5. The molecule has 3 heterocycles. The van der Waals surface area contributed by atoms with E-state index in [2.05, 4.69) is 15.1 Å². The van der Waals surface area contributed by atoms with Crippen LogP contribution in [0, 0.1) is 11.6 Å². The highest BCUT2D eigenvalue weighted by Gasteiger charge is 2.35. The summed E-state index contributed by atoms with van der Waals surface area (Å²) in [5, 5.41) is 4.16. The van der Waals surface area contributed by atoms with E-state index in [-0.39, 0.29) is 12.0 Å². The number of hydrogen-bond donors (Lipinski definition) is 0. The molecule has 2 atom stereocenters. The van der Waals surface area contributed by atoms with Gasteiger partial charge in [-0.1, -0.05) is 6.07 Å². The monoisotopic (exact) mass is 409 g/mol. The molecule has 1 fully saturated rings. The zero-order valence-electron chi connectivity index (χ0n) is 15.0. The fourth-order valence-electron chi connectivity index (χ4n) is 3.72. The van der Waals surface area contributed by atoms with E-state index in [0.717, 1.165) is 24.4 Å². The first-order valence-corrected chi connectivity index (χ1v) is 8.90. The first-order chi connectivity index (χ1) is 13.8. The molecule has 0 radical (unpaired) electrons. The Bertz CT molecular complexity index is 989. The van der Waals surface area contributed by atoms with E-state index in [1.165, 1.54) is 18.5 Å². The summed E-state index contributed by atoms with van der Waals surface area (Å²) in [6.07, 6.45) is 0.0357. The highest BCUT2D eigenvalue weighted by molar-refractivity contribution is 5.48.